The fraction of sp³-hybridized carbons (Fsp3) is 0.206. The number of unbranched alkanes of at least 4 members (excludes halogenated alkanes) is 8. The van der Waals surface area contributed by atoms with Crippen molar-refractivity contribution in [3.8, 4) is 0 Å². The minimum Gasteiger partial charge on any atom is -1.00 e. The largest absolute Gasteiger partial charge is 1.00 e. The van der Waals surface area contributed by atoms with Gasteiger partial charge in [0.1, 0.15) is 46.4 Å². The van der Waals surface area contributed by atoms with Crippen LogP contribution in [0, 0.1) is 0 Å². The van der Waals surface area contributed by atoms with Gasteiger partial charge in [0, 0.05) is 10.7 Å². The Hall–Kier alpha value is -3.81. The zero-order chi connectivity index (χ0) is 50.5. The molecule has 9 aromatic carbocycles. The smallest absolute Gasteiger partial charge is 0.112 e. The van der Waals surface area contributed by atoms with Crippen LogP contribution in [0.3, 0.4) is 0 Å². The van der Waals surface area contributed by atoms with E-state index >= 15 is 0 Å². The zero-order valence-electron chi connectivity index (χ0n) is 43.2. The van der Waals surface area contributed by atoms with Crippen molar-refractivity contribution in [2.45, 2.75) is 64.2 Å². The van der Waals surface area contributed by atoms with Crippen molar-refractivity contribution in [1.29, 1.82) is 0 Å². The van der Waals surface area contributed by atoms with E-state index in [1.54, 1.807) is 0 Å². The molecular weight excluding hydrogens is 1230 g/mol. The zero-order valence-corrected chi connectivity index (χ0v) is 52.3. The van der Waals surface area contributed by atoms with E-state index in [0.29, 0.717) is 0 Å². The second-order valence-corrected chi connectivity index (χ2v) is 29.4. The molecule has 0 heterocycles. The van der Waals surface area contributed by atoms with E-state index in [-0.39, 0.29) is 34.0 Å². The van der Waals surface area contributed by atoms with Crippen LogP contribution in [0.15, 0.2) is 273 Å². The average Bonchev–Trinajstić information content (AvgIpc) is 3.48. The fourth-order valence-corrected chi connectivity index (χ4v) is 21.8. The Balaban J connectivity index is 0.000000285. The van der Waals surface area contributed by atoms with Crippen LogP contribution in [0.4, 0.5) is 0 Å². The van der Waals surface area contributed by atoms with E-state index in [0.717, 1.165) is 0 Å². The van der Waals surface area contributed by atoms with Crippen molar-refractivity contribution in [3.05, 3.63) is 273 Å². The number of benzene rings is 9. The first kappa shape index (κ1) is 62.0. The van der Waals surface area contributed by atoms with Gasteiger partial charge >= 0.3 is 0 Å². The van der Waals surface area contributed by atoms with Crippen molar-refractivity contribution >= 4 is 102 Å². The highest BCUT2D eigenvalue weighted by atomic mass is 79.9. The molecule has 9 aromatic rings. The standard InChI is InChI=1S/C43H44P2.C18H15P.C7H14Br2.2BrH/c1(2-22-36-44(38-24-10-4-11-25-38,39-26-12-5-13-27-39)40-28-14-6-15-29-40)3-23-37-45(41-30-16-7-17-31-41,42-32-18-8-19-33-42)43-34-20-9-21-35-43;1-4-10-16(11-5-1)19(17-12-6-2-7-13-17)18-14-8-3-9-15-18;8-6-4-2-1-3-5-7-9;;/h4-21,24-35H,1-3,22-23,36-37H2;1-15H;1-7H2;2*1H/q+2;;;;/p-2. The highest BCUT2D eigenvalue weighted by Gasteiger charge is 2.46. The molecule has 0 amide bonds. The molecule has 0 aromatic heterocycles. The van der Waals surface area contributed by atoms with Gasteiger partial charge in [0.25, 0.3) is 0 Å². The third kappa shape index (κ3) is 18.1. The summed E-state index contributed by atoms with van der Waals surface area (Å²) in [5.74, 6) is 0. The van der Waals surface area contributed by atoms with E-state index in [9.17, 15) is 0 Å². The van der Waals surface area contributed by atoms with Gasteiger partial charge in [-0.3, -0.25) is 0 Å². The van der Waals surface area contributed by atoms with Crippen LogP contribution in [0.5, 0.6) is 0 Å². The van der Waals surface area contributed by atoms with Crippen LogP contribution in [-0.4, -0.2) is 23.0 Å². The van der Waals surface area contributed by atoms with Gasteiger partial charge in [-0.05, 0) is 135 Å². The van der Waals surface area contributed by atoms with Gasteiger partial charge in [-0.1, -0.05) is 258 Å². The Morgan fingerprint density at radius 2 is 0.400 bits per heavy atom. The van der Waals surface area contributed by atoms with E-state index in [1.165, 1.54) is 135 Å². The van der Waals surface area contributed by atoms with Crippen LogP contribution in [0.2, 0.25) is 0 Å². The van der Waals surface area contributed by atoms with Crippen LogP contribution in [0.25, 0.3) is 0 Å². The number of alkyl halides is 2. The third-order valence-electron chi connectivity index (χ3n) is 13.5. The molecule has 0 nitrogen and oxygen atoms in total. The first-order valence-electron chi connectivity index (χ1n) is 26.4. The predicted molar refractivity (Wildman–Crippen MR) is 339 cm³/mol. The summed E-state index contributed by atoms with van der Waals surface area (Å²) in [6.07, 6.45) is 15.5. The molecule has 0 N–H and O–H groups in total. The molecule has 0 fully saturated rings. The summed E-state index contributed by atoms with van der Waals surface area (Å²) >= 11 is 6.82. The number of halogens is 4. The Kier molecular flexibility index (Phi) is 29.4. The number of hydrogen-bond donors (Lipinski definition) is 0. The van der Waals surface area contributed by atoms with Crippen molar-refractivity contribution in [1.82, 2.24) is 0 Å². The lowest BCUT2D eigenvalue weighted by atomic mass is 10.2. The second kappa shape index (κ2) is 35.6. The van der Waals surface area contributed by atoms with Crippen molar-refractivity contribution < 1.29 is 34.0 Å². The molecule has 0 aliphatic carbocycles. The van der Waals surface area contributed by atoms with Crippen LogP contribution < -0.4 is 81.7 Å². The summed E-state index contributed by atoms with van der Waals surface area (Å²) < 4.78 is 0. The van der Waals surface area contributed by atoms with Crippen LogP contribution >= 0.6 is 54.3 Å². The highest BCUT2D eigenvalue weighted by Crippen LogP contribution is 2.57. The molecule has 0 spiro atoms. The van der Waals surface area contributed by atoms with E-state index < -0.39 is 22.4 Å². The van der Waals surface area contributed by atoms with Gasteiger partial charge in [0.05, 0.1) is 12.3 Å². The fourth-order valence-electron chi connectivity index (χ4n) is 9.89. The maximum absolute atomic E-state index is 3.41. The van der Waals surface area contributed by atoms with E-state index in [4.69, 9.17) is 0 Å². The molecule has 9 rings (SSSR count). The highest BCUT2D eigenvalue weighted by molar-refractivity contribution is 9.09. The lowest BCUT2D eigenvalue weighted by Crippen LogP contribution is -3.00. The van der Waals surface area contributed by atoms with Gasteiger partial charge in [0.15, 0.2) is 0 Å². The second-order valence-electron chi connectivity index (χ2n) is 18.3. The monoisotopic (exact) mass is 1300 g/mol. The van der Waals surface area contributed by atoms with Crippen molar-refractivity contribution in [2.75, 3.05) is 23.0 Å². The van der Waals surface area contributed by atoms with Gasteiger partial charge in [-0.15, -0.1) is 0 Å². The lowest BCUT2D eigenvalue weighted by molar-refractivity contribution is -0.00100. The molecule has 0 atom stereocenters. The number of hydrogen-bond acceptors (Lipinski definition) is 0. The lowest BCUT2D eigenvalue weighted by Gasteiger charge is -2.28. The normalized spacial score (nSPS) is 10.9. The summed E-state index contributed by atoms with van der Waals surface area (Å²) in [5.41, 5.74) is 0. The van der Waals surface area contributed by atoms with Crippen molar-refractivity contribution in [3.63, 3.8) is 0 Å². The molecule has 0 radical (unpaired) electrons. The van der Waals surface area contributed by atoms with Gasteiger partial charge in [-0.2, -0.15) is 0 Å². The van der Waals surface area contributed by atoms with Crippen LogP contribution in [0.1, 0.15) is 64.2 Å². The summed E-state index contributed by atoms with van der Waals surface area (Å²) in [6.45, 7) is 0. The van der Waals surface area contributed by atoms with E-state index in [1.807, 2.05) is 0 Å². The molecule has 0 aliphatic rings. The Morgan fingerprint density at radius 1 is 0.227 bits per heavy atom. The molecule has 0 unspecified atom stereocenters. The molecular formula is C68H73Br4P3. The molecule has 0 aliphatic heterocycles. The first-order chi connectivity index (χ1) is 36.2. The van der Waals surface area contributed by atoms with Gasteiger partial charge in [0.2, 0.25) is 0 Å². The Morgan fingerprint density at radius 3 is 0.600 bits per heavy atom. The Labute approximate surface area is 491 Å². The third-order valence-corrected chi connectivity index (χ3v) is 26.1. The van der Waals surface area contributed by atoms with E-state index in [2.05, 4.69) is 305 Å². The first-order valence-corrected chi connectivity index (χ1v) is 33.9. The topological polar surface area (TPSA) is 0 Å². The molecule has 75 heavy (non-hydrogen) atoms. The Bertz CT molecular complexity index is 2370. The molecule has 388 valence electrons. The maximum Gasteiger partial charge on any atom is 0.112 e. The van der Waals surface area contributed by atoms with Gasteiger partial charge in [-0.25, -0.2) is 0 Å². The maximum atomic E-state index is 3.41. The van der Waals surface area contributed by atoms with Gasteiger partial charge < -0.3 is 34.0 Å². The molecule has 7 heteroatoms. The van der Waals surface area contributed by atoms with Crippen molar-refractivity contribution in [2.24, 2.45) is 0 Å². The predicted octanol–water partition coefficient (Wildman–Crippen LogP) is 10.1. The quantitative estimate of drug-likeness (QED) is 0.0340. The molecule has 0 saturated heterocycles. The molecule has 0 saturated carbocycles. The summed E-state index contributed by atoms with van der Waals surface area (Å²) in [4.78, 5) is 0. The average molecular weight is 1300 g/mol. The summed E-state index contributed by atoms with van der Waals surface area (Å²) in [7, 11) is -3.95. The summed E-state index contributed by atoms with van der Waals surface area (Å²) in [6, 6.07) is 100. The van der Waals surface area contributed by atoms with Crippen LogP contribution in [-0.2, 0) is 0 Å². The minimum absolute atomic E-state index is 0. The number of rotatable bonds is 23. The minimum atomic E-state index is -1.75. The SMILES string of the molecule is BrCCCCCCCBr.[Br-].[Br-].c1ccc(P(c2ccccc2)c2ccccc2)cc1.c1ccc([P+](CCCCCCC[P+](c2ccccc2)(c2ccccc2)c2ccccc2)(c2ccccc2)c2ccccc2)cc1. The molecule has 0 bridgehead atoms. The summed E-state index contributed by atoms with van der Waals surface area (Å²) in [5, 5.41) is 15.5.